The highest BCUT2D eigenvalue weighted by Gasteiger charge is 2.17. The summed E-state index contributed by atoms with van der Waals surface area (Å²) in [6, 6.07) is 11.7. The molecule has 168 valence electrons. The molecule has 0 aliphatic rings. The van der Waals surface area contributed by atoms with E-state index < -0.39 is 15.9 Å². The highest BCUT2D eigenvalue weighted by molar-refractivity contribution is 7.92. The van der Waals surface area contributed by atoms with E-state index >= 15 is 0 Å². The van der Waals surface area contributed by atoms with Crippen LogP contribution in [-0.4, -0.2) is 24.3 Å². The first-order valence-corrected chi connectivity index (χ1v) is 11.4. The molecule has 2 heterocycles. The first kappa shape index (κ1) is 22.2. The molecule has 4 rings (SSSR count). The van der Waals surface area contributed by atoms with Crippen LogP contribution in [-0.2, 0) is 10.0 Å². The zero-order chi connectivity index (χ0) is 23.8. The molecule has 0 fully saturated rings. The number of carbonyl (C=O) groups excluding carboxylic acids is 1. The average molecular weight is 465 g/mol. The third kappa shape index (κ3) is 4.75. The summed E-state index contributed by atoms with van der Waals surface area (Å²) >= 11 is 0. The summed E-state index contributed by atoms with van der Waals surface area (Å²) in [6.07, 6.45) is 1.45. The van der Waals surface area contributed by atoms with Gasteiger partial charge in [0.05, 0.1) is 10.3 Å². The van der Waals surface area contributed by atoms with E-state index in [9.17, 15) is 18.0 Å². The van der Waals surface area contributed by atoms with Gasteiger partial charge in [-0.2, -0.15) is 0 Å². The maximum atomic E-state index is 12.6. The van der Waals surface area contributed by atoms with Crippen molar-refractivity contribution in [1.29, 1.82) is 0 Å². The topological polar surface area (TPSA) is 131 Å². The van der Waals surface area contributed by atoms with E-state index in [-0.39, 0.29) is 22.0 Å². The molecule has 0 aliphatic heterocycles. The summed E-state index contributed by atoms with van der Waals surface area (Å²) in [7, 11) is -3.91. The Balaban J connectivity index is 1.54. The SMILES string of the molecule is Cc1ccnc(NS(=O)(=O)c2ccc(NC(=O)c3cc(=O)c4cc(C)c(C)cc4o3)cc2)n1. The number of fused-ring (bicyclic) bond motifs is 1. The molecule has 10 heteroatoms. The lowest BCUT2D eigenvalue weighted by Gasteiger charge is -2.09. The molecule has 33 heavy (non-hydrogen) atoms. The zero-order valence-electron chi connectivity index (χ0n) is 18.0. The van der Waals surface area contributed by atoms with Gasteiger partial charge in [-0.15, -0.1) is 0 Å². The Hall–Kier alpha value is -4.05. The van der Waals surface area contributed by atoms with Gasteiger partial charge in [0.1, 0.15) is 5.58 Å². The van der Waals surface area contributed by atoms with Crippen LogP contribution in [0.5, 0.6) is 0 Å². The van der Waals surface area contributed by atoms with Gasteiger partial charge in [-0.1, -0.05) is 0 Å². The van der Waals surface area contributed by atoms with Crippen molar-refractivity contribution in [3.8, 4) is 0 Å². The molecule has 0 atom stereocenters. The molecule has 9 nitrogen and oxygen atoms in total. The van der Waals surface area contributed by atoms with Crippen LogP contribution < -0.4 is 15.5 Å². The molecule has 0 saturated heterocycles. The van der Waals surface area contributed by atoms with Gasteiger partial charge < -0.3 is 9.73 Å². The van der Waals surface area contributed by atoms with Crippen molar-refractivity contribution < 1.29 is 17.6 Å². The summed E-state index contributed by atoms with van der Waals surface area (Å²) in [5.74, 6) is -0.816. The van der Waals surface area contributed by atoms with Crippen molar-refractivity contribution in [3.63, 3.8) is 0 Å². The van der Waals surface area contributed by atoms with Crippen molar-refractivity contribution in [3.05, 3.63) is 87.5 Å². The van der Waals surface area contributed by atoms with Gasteiger partial charge in [-0.05, 0) is 74.4 Å². The molecule has 4 aromatic rings. The van der Waals surface area contributed by atoms with Crippen molar-refractivity contribution in [1.82, 2.24) is 9.97 Å². The van der Waals surface area contributed by atoms with Crippen molar-refractivity contribution in [2.45, 2.75) is 25.7 Å². The summed E-state index contributed by atoms with van der Waals surface area (Å²) in [6.45, 7) is 5.50. The summed E-state index contributed by atoms with van der Waals surface area (Å²) in [4.78, 5) is 32.9. The molecule has 0 radical (unpaired) electrons. The number of carbonyl (C=O) groups is 1. The first-order chi connectivity index (χ1) is 15.6. The van der Waals surface area contributed by atoms with Crippen LogP contribution in [0.25, 0.3) is 11.0 Å². The molecule has 0 aliphatic carbocycles. The number of nitrogens with zero attached hydrogens (tertiary/aromatic N) is 2. The Morgan fingerprint density at radius 3 is 2.36 bits per heavy atom. The predicted molar refractivity (Wildman–Crippen MR) is 124 cm³/mol. The number of rotatable bonds is 5. The van der Waals surface area contributed by atoms with Gasteiger partial charge in [0.15, 0.2) is 11.2 Å². The Kier molecular flexibility index (Phi) is 5.69. The standard InChI is InChI=1S/C23H20N4O5S/c1-13-10-18-19(28)12-21(32-20(18)11-14(13)2)22(29)26-16-4-6-17(7-5-16)33(30,31)27-23-24-9-8-15(3)25-23/h4-12H,1-3H3,(H,26,29)(H,24,25,27). The first-order valence-electron chi connectivity index (χ1n) is 9.91. The van der Waals surface area contributed by atoms with E-state index in [0.29, 0.717) is 22.4 Å². The molecule has 2 aromatic carbocycles. The van der Waals surface area contributed by atoms with Crippen LogP contribution in [0.15, 0.2) is 68.8 Å². The van der Waals surface area contributed by atoms with Crippen molar-refractivity contribution in [2.24, 2.45) is 0 Å². The normalized spacial score (nSPS) is 11.4. The highest BCUT2D eigenvalue weighted by Crippen LogP contribution is 2.20. The van der Waals surface area contributed by atoms with Crippen molar-refractivity contribution in [2.75, 3.05) is 10.0 Å². The van der Waals surface area contributed by atoms with E-state index in [1.165, 1.54) is 30.5 Å². The Labute approximate surface area is 189 Å². The van der Waals surface area contributed by atoms with Crippen LogP contribution in [0, 0.1) is 20.8 Å². The van der Waals surface area contributed by atoms with Crippen LogP contribution in [0.3, 0.4) is 0 Å². The van der Waals surface area contributed by atoms with E-state index in [2.05, 4.69) is 20.0 Å². The molecule has 0 bridgehead atoms. The monoisotopic (exact) mass is 464 g/mol. The number of nitrogens with one attached hydrogen (secondary N) is 2. The second kappa shape index (κ2) is 8.47. The molecular formula is C23H20N4O5S. The van der Waals surface area contributed by atoms with Gasteiger partial charge in [0, 0.05) is 23.6 Å². The van der Waals surface area contributed by atoms with Crippen LogP contribution in [0.4, 0.5) is 11.6 Å². The summed E-state index contributed by atoms with van der Waals surface area (Å²) in [5.41, 5.74) is 2.83. The molecule has 0 saturated carbocycles. The van der Waals surface area contributed by atoms with E-state index in [1.807, 2.05) is 13.8 Å². The van der Waals surface area contributed by atoms with Crippen LogP contribution >= 0.6 is 0 Å². The Morgan fingerprint density at radius 2 is 1.67 bits per heavy atom. The number of hydrogen-bond donors (Lipinski definition) is 2. The quantitative estimate of drug-likeness (QED) is 0.462. The molecule has 2 aromatic heterocycles. The molecule has 2 N–H and O–H groups in total. The van der Waals surface area contributed by atoms with Crippen LogP contribution in [0.1, 0.15) is 27.4 Å². The number of amides is 1. The Bertz CT molecular complexity index is 1540. The van der Waals surface area contributed by atoms with Gasteiger partial charge in [0.25, 0.3) is 15.9 Å². The fourth-order valence-corrected chi connectivity index (χ4v) is 4.06. The fraction of sp³-hybridized carbons (Fsp3) is 0.130. The van der Waals surface area contributed by atoms with Gasteiger partial charge in [0.2, 0.25) is 5.95 Å². The van der Waals surface area contributed by atoms with E-state index in [1.54, 1.807) is 25.1 Å². The largest absolute Gasteiger partial charge is 0.451 e. The second-order valence-electron chi connectivity index (χ2n) is 7.51. The maximum absolute atomic E-state index is 12.6. The number of aromatic nitrogens is 2. The predicted octanol–water partition coefficient (Wildman–Crippen LogP) is 3.56. The molecule has 0 spiro atoms. The van der Waals surface area contributed by atoms with E-state index in [0.717, 1.165) is 17.2 Å². The van der Waals surface area contributed by atoms with Gasteiger partial charge >= 0.3 is 0 Å². The summed E-state index contributed by atoms with van der Waals surface area (Å²) < 4.78 is 33.0. The minimum atomic E-state index is -3.91. The second-order valence-corrected chi connectivity index (χ2v) is 9.20. The molecule has 0 unspecified atom stereocenters. The van der Waals surface area contributed by atoms with Gasteiger partial charge in [-0.25, -0.2) is 23.1 Å². The minimum absolute atomic E-state index is 0.0336. The maximum Gasteiger partial charge on any atom is 0.291 e. The minimum Gasteiger partial charge on any atom is -0.451 e. The van der Waals surface area contributed by atoms with Crippen molar-refractivity contribution >= 4 is 38.5 Å². The lowest BCUT2D eigenvalue weighted by atomic mass is 10.1. The lowest BCUT2D eigenvalue weighted by molar-refractivity contribution is 0.0997. The highest BCUT2D eigenvalue weighted by atomic mass is 32.2. The third-order valence-electron chi connectivity index (χ3n) is 5.01. The zero-order valence-corrected chi connectivity index (χ0v) is 18.9. The molecule has 1 amide bonds. The van der Waals surface area contributed by atoms with E-state index in [4.69, 9.17) is 4.42 Å². The fourth-order valence-electron chi connectivity index (χ4n) is 3.11. The third-order valence-corrected chi connectivity index (χ3v) is 6.35. The number of sulfonamides is 1. The Morgan fingerprint density at radius 1 is 0.970 bits per heavy atom. The number of hydrogen-bond acceptors (Lipinski definition) is 7. The lowest BCUT2D eigenvalue weighted by Crippen LogP contribution is -2.16. The smallest absolute Gasteiger partial charge is 0.291 e. The summed E-state index contributed by atoms with van der Waals surface area (Å²) in [5, 5.41) is 3.00. The average Bonchev–Trinajstić information content (AvgIpc) is 2.75. The van der Waals surface area contributed by atoms with Crippen LogP contribution in [0.2, 0.25) is 0 Å². The number of benzene rings is 2. The number of aryl methyl sites for hydroxylation is 3. The number of anilines is 2. The van der Waals surface area contributed by atoms with Gasteiger partial charge in [-0.3, -0.25) is 9.59 Å². The molecular weight excluding hydrogens is 444 g/mol.